The first-order valence-corrected chi connectivity index (χ1v) is 10.00. The van der Waals surface area contributed by atoms with Crippen LogP contribution in [0.4, 0.5) is 8.78 Å². The van der Waals surface area contributed by atoms with Gasteiger partial charge in [0.2, 0.25) is 5.91 Å². The van der Waals surface area contributed by atoms with Crippen molar-refractivity contribution in [2.75, 3.05) is 26.7 Å². The number of nitrogens with one attached hydrogen (secondary N) is 1. The molecule has 6 nitrogen and oxygen atoms in total. The second-order valence-electron chi connectivity index (χ2n) is 7.80. The molecule has 1 aromatic carbocycles. The zero-order valence-electron chi connectivity index (χ0n) is 17.8. The van der Waals surface area contributed by atoms with E-state index in [1.165, 1.54) is 13.2 Å². The summed E-state index contributed by atoms with van der Waals surface area (Å²) in [5, 5.41) is 2.99. The second-order valence-corrected chi connectivity index (χ2v) is 7.80. The lowest BCUT2D eigenvalue weighted by molar-refractivity contribution is -0.135. The molecule has 3 atom stereocenters. The maximum atomic E-state index is 12.9. The van der Waals surface area contributed by atoms with E-state index < -0.39 is 6.61 Å². The van der Waals surface area contributed by atoms with E-state index in [2.05, 4.69) is 15.0 Å². The first-order valence-electron chi connectivity index (χ1n) is 10.00. The number of rotatable bonds is 9. The molecule has 0 spiro atoms. The van der Waals surface area contributed by atoms with E-state index in [-0.39, 0.29) is 41.6 Å². The zero-order chi connectivity index (χ0) is 21.6. The largest absolute Gasteiger partial charge is 0.493 e. The van der Waals surface area contributed by atoms with Gasteiger partial charge in [0.15, 0.2) is 11.5 Å². The molecule has 8 heteroatoms. The fourth-order valence-corrected chi connectivity index (χ4v) is 3.83. The molecule has 1 amide bonds. The summed E-state index contributed by atoms with van der Waals surface area (Å²) in [5.74, 6) is 0.356. The van der Waals surface area contributed by atoms with Crippen molar-refractivity contribution in [1.82, 2.24) is 10.2 Å². The molecule has 0 bridgehead atoms. The number of ether oxygens (including phenoxy) is 3. The van der Waals surface area contributed by atoms with Crippen molar-refractivity contribution in [2.24, 2.45) is 5.92 Å². The molecule has 1 N–H and O–H groups in total. The third kappa shape index (κ3) is 6.82. The lowest BCUT2D eigenvalue weighted by atomic mass is 9.99. The number of carbonyl (C=O) groups excluding carboxylic acids is 1. The molecule has 1 fully saturated rings. The van der Waals surface area contributed by atoms with Gasteiger partial charge in [-0.3, -0.25) is 9.69 Å². The van der Waals surface area contributed by atoms with E-state index in [9.17, 15) is 13.6 Å². The molecule has 1 aliphatic rings. The van der Waals surface area contributed by atoms with Gasteiger partial charge in [-0.1, -0.05) is 19.9 Å². The van der Waals surface area contributed by atoms with Crippen LogP contribution in [-0.4, -0.2) is 62.4 Å². The fourth-order valence-electron chi connectivity index (χ4n) is 3.83. The molecule has 0 saturated carbocycles. The summed E-state index contributed by atoms with van der Waals surface area (Å²) in [6.07, 6.45) is 0.663. The number of methoxy groups -OCH3 is 1. The highest BCUT2D eigenvalue weighted by Crippen LogP contribution is 2.29. The average Bonchev–Trinajstić information content (AvgIpc) is 2.60. The number of benzene rings is 1. The molecule has 1 saturated heterocycles. The molecule has 0 aliphatic carbocycles. The van der Waals surface area contributed by atoms with Gasteiger partial charge < -0.3 is 19.5 Å². The molecule has 1 aliphatic heterocycles. The van der Waals surface area contributed by atoms with Crippen LogP contribution < -0.4 is 14.8 Å². The van der Waals surface area contributed by atoms with Gasteiger partial charge in [-0.25, -0.2) is 0 Å². The van der Waals surface area contributed by atoms with Crippen molar-refractivity contribution >= 4 is 5.91 Å². The van der Waals surface area contributed by atoms with Gasteiger partial charge in [0, 0.05) is 19.6 Å². The molecule has 1 heterocycles. The maximum absolute atomic E-state index is 12.9. The van der Waals surface area contributed by atoms with Gasteiger partial charge in [0.25, 0.3) is 0 Å². The van der Waals surface area contributed by atoms with Crippen LogP contribution in [0.25, 0.3) is 0 Å². The number of halogens is 2. The average molecular weight is 414 g/mol. The van der Waals surface area contributed by atoms with Gasteiger partial charge >= 0.3 is 6.61 Å². The lowest BCUT2D eigenvalue weighted by Crippen LogP contribution is -2.57. The van der Waals surface area contributed by atoms with E-state index in [0.29, 0.717) is 26.1 Å². The summed E-state index contributed by atoms with van der Waals surface area (Å²) in [7, 11) is 1.40. The van der Waals surface area contributed by atoms with Gasteiger partial charge in [-0.2, -0.15) is 8.78 Å². The van der Waals surface area contributed by atoms with Crippen molar-refractivity contribution in [2.45, 2.75) is 59.0 Å². The molecule has 2 rings (SSSR count). The van der Waals surface area contributed by atoms with Crippen molar-refractivity contribution in [3.63, 3.8) is 0 Å². The highest BCUT2D eigenvalue weighted by Gasteiger charge is 2.33. The highest BCUT2D eigenvalue weighted by molar-refractivity contribution is 5.82. The van der Waals surface area contributed by atoms with E-state index >= 15 is 0 Å². The van der Waals surface area contributed by atoms with Gasteiger partial charge in [-0.05, 0) is 43.9 Å². The summed E-state index contributed by atoms with van der Waals surface area (Å²) in [5.41, 5.74) is 0.775. The molecular formula is C21H32F2N2O4. The second kappa shape index (κ2) is 10.7. The quantitative estimate of drug-likeness (QED) is 0.673. The smallest absolute Gasteiger partial charge is 0.387 e. The number of alkyl halides is 2. The topological polar surface area (TPSA) is 60.0 Å². The van der Waals surface area contributed by atoms with E-state index in [1.807, 2.05) is 27.7 Å². The SMILES string of the molecule is COc1ccc(CCNC(=O)C(C(C)C)N2CC(C)OC(C)C2)cc1OC(F)F. The Morgan fingerprint density at radius 3 is 2.45 bits per heavy atom. The van der Waals surface area contributed by atoms with Crippen molar-refractivity contribution in [3.05, 3.63) is 23.8 Å². The Morgan fingerprint density at radius 1 is 1.24 bits per heavy atom. The summed E-state index contributed by atoms with van der Waals surface area (Å²) in [6, 6.07) is 4.64. The predicted octanol–water partition coefficient (Wildman–Crippen LogP) is 3.09. The van der Waals surface area contributed by atoms with Crippen LogP contribution >= 0.6 is 0 Å². The van der Waals surface area contributed by atoms with Crippen molar-refractivity contribution in [3.8, 4) is 11.5 Å². The van der Waals surface area contributed by atoms with E-state index in [0.717, 1.165) is 5.56 Å². The summed E-state index contributed by atoms with van der Waals surface area (Å²) in [6.45, 7) is 7.00. The zero-order valence-corrected chi connectivity index (χ0v) is 17.8. The van der Waals surface area contributed by atoms with Gasteiger partial charge in [-0.15, -0.1) is 0 Å². The Balaban J connectivity index is 1.96. The van der Waals surface area contributed by atoms with E-state index in [1.54, 1.807) is 12.1 Å². The van der Waals surface area contributed by atoms with Crippen LogP contribution in [0.3, 0.4) is 0 Å². The standard InChI is InChI=1S/C21H32F2N2O4/c1-13(2)19(25-11-14(3)28-15(4)12-25)20(26)24-9-8-16-6-7-17(27-5)18(10-16)29-21(22)23/h6-7,10,13-15,19,21H,8-9,11-12H2,1-5H3,(H,24,26). The van der Waals surface area contributed by atoms with E-state index in [4.69, 9.17) is 9.47 Å². The maximum Gasteiger partial charge on any atom is 0.387 e. The molecule has 164 valence electrons. The molecule has 1 aromatic rings. The van der Waals surface area contributed by atoms with Gasteiger partial charge in [0.1, 0.15) is 0 Å². The number of morpholine rings is 1. The van der Waals surface area contributed by atoms with Crippen LogP contribution in [0.2, 0.25) is 0 Å². The minimum Gasteiger partial charge on any atom is -0.493 e. The first-order chi connectivity index (χ1) is 13.7. The van der Waals surface area contributed by atoms with Crippen LogP contribution in [0.15, 0.2) is 18.2 Å². The third-order valence-corrected chi connectivity index (χ3v) is 4.90. The minimum atomic E-state index is -2.93. The minimum absolute atomic E-state index is 0.0114. The summed E-state index contributed by atoms with van der Waals surface area (Å²) < 4.78 is 40.5. The van der Waals surface area contributed by atoms with Crippen LogP contribution in [0.1, 0.15) is 33.3 Å². The number of carbonyl (C=O) groups is 1. The molecule has 0 radical (unpaired) electrons. The Morgan fingerprint density at radius 2 is 1.90 bits per heavy atom. The Bertz CT molecular complexity index is 662. The summed E-state index contributed by atoms with van der Waals surface area (Å²) in [4.78, 5) is 15.0. The van der Waals surface area contributed by atoms with Gasteiger partial charge in [0.05, 0.1) is 25.4 Å². The predicted molar refractivity (Wildman–Crippen MR) is 107 cm³/mol. The van der Waals surface area contributed by atoms with Crippen LogP contribution in [0, 0.1) is 5.92 Å². The molecule has 29 heavy (non-hydrogen) atoms. The number of amides is 1. The number of hydrogen-bond acceptors (Lipinski definition) is 5. The highest BCUT2D eigenvalue weighted by atomic mass is 19.3. The number of hydrogen-bond donors (Lipinski definition) is 1. The van der Waals surface area contributed by atoms with Crippen LogP contribution in [-0.2, 0) is 16.0 Å². The number of nitrogens with zero attached hydrogens (tertiary/aromatic N) is 1. The fraction of sp³-hybridized carbons (Fsp3) is 0.667. The third-order valence-electron chi connectivity index (χ3n) is 4.90. The van der Waals surface area contributed by atoms with Crippen LogP contribution in [0.5, 0.6) is 11.5 Å². The molecule has 3 unspecified atom stereocenters. The Labute approximate surface area is 171 Å². The molecule has 0 aromatic heterocycles. The van der Waals surface area contributed by atoms with Crippen molar-refractivity contribution < 1.29 is 27.8 Å². The normalized spacial score (nSPS) is 21.3. The Kier molecular flexibility index (Phi) is 8.64. The molecular weight excluding hydrogens is 382 g/mol. The first kappa shape index (κ1) is 23.3. The monoisotopic (exact) mass is 414 g/mol. The summed E-state index contributed by atoms with van der Waals surface area (Å²) >= 11 is 0. The van der Waals surface area contributed by atoms with Crippen molar-refractivity contribution in [1.29, 1.82) is 0 Å². The lowest BCUT2D eigenvalue weighted by Gasteiger charge is -2.41. The Hall–Kier alpha value is -1.93.